The van der Waals surface area contributed by atoms with Crippen molar-refractivity contribution in [1.29, 1.82) is 0 Å². The van der Waals surface area contributed by atoms with Crippen LogP contribution in [0.4, 0.5) is 0 Å². The van der Waals surface area contributed by atoms with Crippen LogP contribution in [-0.2, 0) is 4.74 Å². The van der Waals surface area contributed by atoms with E-state index in [0.29, 0.717) is 0 Å². The SMILES string of the molecule is COCCCN1CCCNC(C2CC2)C1. The van der Waals surface area contributed by atoms with Gasteiger partial charge in [-0.05, 0) is 44.7 Å². The Hall–Kier alpha value is -0.120. The first-order chi connectivity index (χ1) is 7.40. The fourth-order valence-corrected chi connectivity index (χ4v) is 2.47. The molecule has 0 aromatic carbocycles. The van der Waals surface area contributed by atoms with Gasteiger partial charge >= 0.3 is 0 Å². The van der Waals surface area contributed by atoms with E-state index in [2.05, 4.69) is 10.2 Å². The van der Waals surface area contributed by atoms with Crippen LogP contribution in [0, 0.1) is 5.92 Å². The zero-order valence-electron chi connectivity index (χ0n) is 9.87. The molecular formula is C12H24N2O. The van der Waals surface area contributed by atoms with E-state index in [4.69, 9.17) is 4.74 Å². The zero-order chi connectivity index (χ0) is 10.5. The molecule has 2 fully saturated rings. The van der Waals surface area contributed by atoms with Crippen LogP contribution in [0.25, 0.3) is 0 Å². The molecule has 0 spiro atoms. The van der Waals surface area contributed by atoms with Crippen molar-refractivity contribution >= 4 is 0 Å². The Morgan fingerprint density at radius 3 is 3.00 bits per heavy atom. The lowest BCUT2D eigenvalue weighted by atomic mass is 10.2. The van der Waals surface area contributed by atoms with Crippen molar-refractivity contribution in [2.45, 2.75) is 31.7 Å². The number of ether oxygens (including phenoxy) is 1. The van der Waals surface area contributed by atoms with Gasteiger partial charge in [0.05, 0.1) is 0 Å². The van der Waals surface area contributed by atoms with E-state index in [0.717, 1.165) is 18.6 Å². The molecule has 1 heterocycles. The molecule has 1 saturated carbocycles. The van der Waals surface area contributed by atoms with Gasteiger partial charge in [0, 0.05) is 32.8 Å². The lowest BCUT2D eigenvalue weighted by molar-refractivity contribution is 0.169. The highest BCUT2D eigenvalue weighted by molar-refractivity contribution is 4.89. The molecule has 0 aromatic rings. The zero-order valence-corrected chi connectivity index (χ0v) is 9.87. The fourth-order valence-electron chi connectivity index (χ4n) is 2.47. The van der Waals surface area contributed by atoms with Gasteiger partial charge in [0.25, 0.3) is 0 Å². The van der Waals surface area contributed by atoms with Gasteiger partial charge in [-0.1, -0.05) is 0 Å². The van der Waals surface area contributed by atoms with E-state index in [1.54, 1.807) is 7.11 Å². The van der Waals surface area contributed by atoms with Gasteiger partial charge in [-0.25, -0.2) is 0 Å². The van der Waals surface area contributed by atoms with Gasteiger partial charge in [0.15, 0.2) is 0 Å². The third kappa shape index (κ3) is 3.74. The minimum absolute atomic E-state index is 0.773. The average Bonchev–Trinajstić information content (AvgIpc) is 3.05. The largest absolute Gasteiger partial charge is 0.385 e. The summed E-state index contributed by atoms with van der Waals surface area (Å²) < 4.78 is 5.11. The molecule has 0 bridgehead atoms. The van der Waals surface area contributed by atoms with E-state index in [1.807, 2.05) is 0 Å². The summed E-state index contributed by atoms with van der Waals surface area (Å²) in [6.07, 6.45) is 5.37. The second kappa shape index (κ2) is 5.83. The molecule has 1 unspecified atom stereocenters. The molecule has 3 nitrogen and oxygen atoms in total. The van der Waals surface area contributed by atoms with E-state index in [1.165, 1.54) is 51.9 Å². The molecule has 2 rings (SSSR count). The lowest BCUT2D eigenvalue weighted by Crippen LogP contribution is -2.39. The minimum atomic E-state index is 0.773. The normalized spacial score (nSPS) is 29.0. The van der Waals surface area contributed by atoms with Crippen LogP contribution in [0.15, 0.2) is 0 Å². The van der Waals surface area contributed by atoms with Crippen LogP contribution < -0.4 is 5.32 Å². The first kappa shape index (κ1) is 11.4. The predicted octanol–water partition coefficient (Wildman–Crippen LogP) is 1.10. The van der Waals surface area contributed by atoms with Crippen LogP contribution in [0.5, 0.6) is 0 Å². The number of methoxy groups -OCH3 is 1. The summed E-state index contributed by atoms with van der Waals surface area (Å²) >= 11 is 0. The van der Waals surface area contributed by atoms with Crippen LogP contribution >= 0.6 is 0 Å². The Balaban J connectivity index is 1.71. The first-order valence-electron chi connectivity index (χ1n) is 6.35. The van der Waals surface area contributed by atoms with Crippen LogP contribution in [0.2, 0.25) is 0 Å². The van der Waals surface area contributed by atoms with Gasteiger partial charge < -0.3 is 15.0 Å². The Morgan fingerprint density at radius 2 is 2.27 bits per heavy atom. The summed E-state index contributed by atoms with van der Waals surface area (Å²) in [5.41, 5.74) is 0. The highest BCUT2D eigenvalue weighted by Gasteiger charge is 2.32. The maximum absolute atomic E-state index is 5.11. The monoisotopic (exact) mass is 212 g/mol. The molecule has 1 atom stereocenters. The molecule has 1 aliphatic heterocycles. The van der Waals surface area contributed by atoms with Crippen molar-refractivity contribution in [2.75, 3.05) is 39.9 Å². The first-order valence-corrected chi connectivity index (χ1v) is 6.35. The Kier molecular flexibility index (Phi) is 4.42. The van der Waals surface area contributed by atoms with Gasteiger partial charge in [0.1, 0.15) is 0 Å². The Bertz CT molecular complexity index is 182. The molecule has 2 aliphatic rings. The maximum atomic E-state index is 5.11. The molecule has 0 radical (unpaired) electrons. The minimum Gasteiger partial charge on any atom is -0.385 e. The molecule has 0 amide bonds. The number of hydrogen-bond acceptors (Lipinski definition) is 3. The Morgan fingerprint density at radius 1 is 1.40 bits per heavy atom. The van der Waals surface area contributed by atoms with E-state index < -0.39 is 0 Å². The number of hydrogen-bond donors (Lipinski definition) is 1. The summed E-state index contributed by atoms with van der Waals surface area (Å²) in [6, 6.07) is 0.773. The van der Waals surface area contributed by atoms with E-state index >= 15 is 0 Å². The van der Waals surface area contributed by atoms with Crippen LogP contribution in [0.3, 0.4) is 0 Å². The van der Waals surface area contributed by atoms with Gasteiger partial charge in [-0.3, -0.25) is 0 Å². The molecule has 15 heavy (non-hydrogen) atoms. The van der Waals surface area contributed by atoms with Crippen LogP contribution in [-0.4, -0.2) is 50.8 Å². The number of rotatable bonds is 5. The molecule has 88 valence electrons. The molecule has 1 N–H and O–H groups in total. The van der Waals surface area contributed by atoms with Crippen molar-refractivity contribution in [3.63, 3.8) is 0 Å². The highest BCUT2D eigenvalue weighted by atomic mass is 16.5. The average molecular weight is 212 g/mol. The van der Waals surface area contributed by atoms with E-state index in [9.17, 15) is 0 Å². The molecule has 1 aliphatic carbocycles. The second-order valence-corrected chi connectivity index (χ2v) is 4.90. The fraction of sp³-hybridized carbons (Fsp3) is 1.00. The van der Waals surface area contributed by atoms with Gasteiger partial charge in [-0.2, -0.15) is 0 Å². The lowest BCUT2D eigenvalue weighted by Gasteiger charge is -2.24. The topological polar surface area (TPSA) is 24.5 Å². The highest BCUT2D eigenvalue weighted by Crippen LogP contribution is 2.33. The quantitative estimate of drug-likeness (QED) is 0.691. The second-order valence-electron chi connectivity index (χ2n) is 4.90. The summed E-state index contributed by atoms with van der Waals surface area (Å²) in [4.78, 5) is 2.61. The number of nitrogens with zero attached hydrogens (tertiary/aromatic N) is 1. The summed E-state index contributed by atoms with van der Waals surface area (Å²) in [5.74, 6) is 0.980. The molecule has 0 aromatic heterocycles. The maximum Gasteiger partial charge on any atom is 0.0474 e. The van der Waals surface area contributed by atoms with Crippen molar-refractivity contribution in [2.24, 2.45) is 5.92 Å². The molecule has 3 heteroatoms. The Labute approximate surface area is 93.2 Å². The van der Waals surface area contributed by atoms with Crippen molar-refractivity contribution in [1.82, 2.24) is 10.2 Å². The van der Waals surface area contributed by atoms with E-state index in [-0.39, 0.29) is 0 Å². The summed E-state index contributed by atoms with van der Waals surface area (Å²) in [5, 5.41) is 3.69. The van der Waals surface area contributed by atoms with Crippen molar-refractivity contribution in [3.8, 4) is 0 Å². The standard InChI is InChI=1S/C12H24N2O/c1-15-9-3-8-14-7-2-6-13-12(10-14)11-4-5-11/h11-13H,2-10H2,1H3. The smallest absolute Gasteiger partial charge is 0.0474 e. The van der Waals surface area contributed by atoms with Crippen LogP contribution in [0.1, 0.15) is 25.7 Å². The third-order valence-corrected chi connectivity index (χ3v) is 3.53. The predicted molar refractivity (Wildman–Crippen MR) is 62.1 cm³/mol. The van der Waals surface area contributed by atoms with Crippen molar-refractivity contribution < 1.29 is 4.74 Å². The van der Waals surface area contributed by atoms with Crippen molar-refractivity contribution in [3.05, 3.63) is 0 Å². The van der Waals surface area contributed by atoms with Gasteiger partial charge in [0.2, 0.25) is 0 Å². The summed E-state index contributed by atoms with van der Waals surface area (Å²) in [7, 11) is 1.79. The summed E-state index contributed by atoms with van der Waals surface area (Å²) in [6.45, 7) is 5.84. The molecule has 1 saturated heterocycles. The third-order valence-electron chi connectivity index (χ3n) is 3.53. The molecular weight excluding hydrogens is 188 g/mol. The number of nitrogens with one attached hydrogen (secondary N) is 1. The van der Waals surface area contributed by atoms with Gasteiger partial charge in [-0.15, -0.1) is 0 Å².